The molecular formula is C20H18N4O6S. The van der Waals surface area contributed by atoms with Crippen molar-refractivity contribution in [3.05, 3.63) is 48.4 Å². The quantitative estimate of drug-likeness (QED) is 0.632. The van der Waals surface area contributed by atoms with E-state index in [0.29, 0.717) is 35.0 Å². The first kappa shape index (κ1) is 19.4. The fourth-order valence-corrected chi connectivity index (χ4v) is 5.41. The standard InChI is InChI=1S/C20H18N4O6S/c25-19-10-30-17-4-3-12(8-14(17)22-19)21-20(26)15-9-16(18-2-1-6-29-18)24(23-15)13-5-7-31(27,28)11-13/h1-4,6,8-9,13H,5,7,10-11H2,(H,21,26)(H,22,25)/t13-/m0/s1. The zero-order valence-corrected chi connectivity index (χ0v) is 17.0. The van der Waals surface area contributed by atoms with Gasteiger partial charge in [0.15, 0.2) is 27.9 Å². The third-order valence-corrected chi connectivity index (χ3v) is 6.92. The maximum Gasteiger partial charge on any atom is 0.276 e. The van der Waals surface area contributed by atoms with E-state index in [4.69, 9.17) is 9.15 Å². The van der Waals surface area contributed by atoms with Crippen molar-refractivity contribution in [2.75, 3.05) is 28.7 Å². The van der Waals surface area contributed by atoms with Gasteiger partial charge < -0.3 is 19.8 Å². The Kier molecular flexibility index (Phi) is 4.54. The van der Waals surface area contributed by atoms with Crippen molar-refractivity contribution in [1.29, 1.82) is 0 Å². The number of nitrogens with zero attached hydrogens (tertiary/aromatic N) is 2. The van der Waals surface area contributed by atoms with Gasteiger partial charge in [0.1, 0.15) is 11.4 Å². The van der Waals surface area contributed by atoms with Gasteiger partial charge in [-0.3, -0.25) is 14.3 Å². The number of carbonyl (C=O) groups is 2. The molecule has 1 fully saturated rings. The van der Waals surface area contributed by atoms with E-state index in [0.717, 1.165) is 0 Å². The highest BCUT2D eigenvalue weighted by Crippen LogP contribution is 2.32. The lowest BCUT2D eigenvalue weighted by molar-refractivity contribution is -0.118. The van der Waals surface area contributed by atoms with Crippen LogP contribution in [0, 0.1) is 0 Å². The van der Waals surface area contributed by atoms with Crippen LogP contribution < -0.4 is 15.4 Å². The van der Waals surface area contributed by atoms with E-state index in [9.17, 15) is 18.0 Å². The molecule has 160 valence electrons. The molecule has 0 unspecified atom stereocenters. The number of aromatic nitrogens is 2. The molecule has 3 aromatic rings. The molecule has 2 N–H and O–H groups in total. The Morgan fingerprint density at radius 2 is 2.13 bits per heavy atom. The smallest absolute Gasteiger partial charge is 0.276 e. The van der Waals surface area contributed by atoms with Crippen molar-refractivity contribution in [3.63, 3.8) is 0 Å². The van der Waals surface area contributed by atoms with Gasteiger partial charge in [0.25, 0.3) is 11.8 Å². The first-order valence-electron chi connectivity index (χ1n) is 9.60. The summed E-state index contributed by atoms with van der Waals surface area (Å²) in [6, 6.07) is 9.54. The molecule has 0 saturated carbocycles. The SMILES string of the molecule is O=C1COc2ccc(NC(=O)c3cc(-c4ccco4)n([C@H]4CCS(=O)(=O)C4)n3)cc2N1. The highest BCUT2D eigenvalue weighted by molar-refractivity contribution is 7.91. The Bertz CT molecular complexity index is 1280. The Morgan fingerprint density at radius 3 is 2.87 bits per heavy atom. The molecule has 1 saturated heterocycles. The van der Waals surface area contributed by atoms with Gasteiger partial charge in [-0.15, -0.1) is 0 Å². The second kappa shape index (κ2) is 7.27. The number of hydrogen-bond donors (Lipinski definition) is 2. The van der Waals surface area contributed by atoms with Crippen molar-refractivity contribution in [2.45, 2.75) is 12.5 Å². The van der Waals surface area contributed by atoms with Crippen LogP contribution in [0.3, 0.4) is 0 Å². The van der Waals surface area contributed by atoms with Crippen LogP contribution in [0.4, 0.5) is 11.4 Å². The molecule has 5 rings (SSSR count). The molecule has 2 amide bonds. The maximum absolute atomic E-state index is 12.9. The van der Waals surface area contributed by atoms with Crippen LogP contribution in [0.15, 0.2) is 47.1 Å². The number of carbonyl (C=O) groups excluding carboxylic acids is 2. The number of benzene rings is 1. The lowest BCUT2D eigenvalue weighted by atomic mass is 10.2. The summed E-state index contributed by atoms with van der Waals surface area (Å²) in [5, 5.41) is 9.83. The minimum absolute atomic E-state index is 0.0338. The van der Waals surface area contributed by atoms with Crippen LogP contribution >= 0.6 is 0 Å². The fourth-order valence-electron chi connectivity index (χ4n) is 3.72. The van der Waals surface area contributed by atoms with Gasteiger partial charge in [0.05, 0.1) is 29.5 Å². The molecule has 2 aliphatic rings. The van der Waals surface area contributed by atoms with Crippen molar-refractivity contribution in [2.24, 2.45) is 0 Å². The minimum atomic E-state index is -3.14. The number of sulfone groups is 1. The predicted molar refractivity (Wildman–Crippen MR) is 111 cm³/mol. The molecule has 31 heavy (non-hydrogen) atoms. The highest BCUT2D eigenvalue weighted by Gasteiger charge is 2.32. The molecule has 4 heterocycles. The molecule has 0 bridgehead atoms. The topological polar surface area (TPSA) is 133 Å². The maximum atomic E-state index is 12.9. The van der Waals surface area contributed by atoms with Crippen LogP contribution in [0.1, 0.15) is 23.0 Å². The van der Waals surface area contributed by atoms with Crippen LogP contribution in [-0.2, 0) is 14.6 Å². The molecule has 11 heteroatoms. The van der Waals surface area contributed by atoms with Crippen molar-refractivity contribution in [3.8, 4) is 17.2 Å². The lowest BCUT2D eigenvalue weighted by Crippen LogP contribution is -2.25. The van der Waals surface area contributed by atoms with Crippen molar-refractivity contribution < 1.29 is 27.2 Å². The van der Waals surface area contributed by atoms with Gasteiger partial charge in [-0.25, -0.2) is 8.42 Å². The van der Waals surface area contributed by atoms with E-state index < -0.39 is 15.7 Å². The Balaban J connectivity index is 1.44. The highest BCUT2D eigenvalue weighted by atomic mass is 32.2. The number of fused-ring (bicyclic) bond motifs is 1. The van der Waals surface area contributed by atoms with E-state index in [1.807, 2.05) is 0 Å². The molecule has 10 nitrogen and oxygen atoms in total. The van der Waals surface area contributed by atoms with Gasteiger partial charge in [-0.2, -0.15) is 5.10 Å². The normalized spacial score (nSPS) is 19.4. The van der Waals surface area contributed by atoms with Gasteiger partial charge in [-0.1, -0.05) is 0 Å². The number of hydrogen-bond acceptors (Lipinski definition) is 7. The fraction of sp³-hybridized carbons (Fsp3) is 0.250. The Hall–Kier alpha value is -3.60. The van der Waals surface area contributed by atoms with E-state index in [2.05, 4.69) is 15.7 Å². The second-order valence-electron chi connectivity index (χ2n) is 7.40. The number of ether oxygens (including phenoxy) is 1. The van der Waals surface area contributed by atoms with Crippen molar-refractivity contribution >= 4 is 33.0 Å². The number of furan rings is 1. The molecule has 0 radical (unpaired) electrons. The van der Waals surface area contributed by atoms with Gasteiger partial charge in [0.2, 0.25) is 0 Å². The van der Waals surface area contributed by atoms with E-state index >= 15 is 0 Å². The summed E-state index contributed by atoms with van der Waals surface area (Å²) in [7, 11) is -3.14. The first-order chi connectivity index (χ1) is 14.9. The zero-order valence-electron chi connectivity index (χ0n) is 16.2. The first-order valence-corrected chi connectivity index (χ1v) is 11.4. The number of nitrogens with one attached hydrogen (secondary N) is 2. The summed E-state index contributed by atoms with van der Waals surface area (Å²) < 4.78 is 36.2. The van der Waals surface area contributed by atoms with Crippen LogP contribution in [0.5, 0.6) is 5.75 Å². The third kappa shape index (κ3) is 3.79. The average molecular weight is 442 g/mol. The third-order valence-electron chi connectivity index (χ3n) is 5.17. The van der Waals surface area contributed by atoms with Crippen LogP contribution in [0.25, 0.3) is 11.5 Å². The predicted octanol–water partition coefficient (Wildman–Crippen LogP) is 2.09. The number of anilines is 2. The van der Waals surface area contributed by atoms with E-state index in [1.54, 1.807) is 41.1 Å². The summed E-state index contributed by atoms with van der Waals surface area (Å²) in [5.41, 5.74) is 1.57. The zero-order chi connectivity index (χ0) is 21.6. The number of rotatable bonds is 4. The molecule has 1 atom stereocenters. The van der Waals surface area contributed by atoms with E-state index in [-0.39, 0.29) is 35.8 Å². The second-order valence-corrected chi connectivity index (χ2v) is 9.62. The molecular weight excluding hydrogens is 424 g/mol. The molecule has 2 aromatic heterocycles. The Morgan fingerprint density at radius 1 is 1.26 bits per heavy atom. The van der Waals surface area contributed by atoms with Gasteiger partial charge in [0, 0.05) is 11.8 Å². The average Bonchev–Trinajstić information content (AvgIpc) is 3.46. The summed E-state index contributed by atoms with van der Waals surface area (Å²) in [6.45, 7) is -0.0530. The van der Waals surface area contributed by atoms with Gasteiger partial charge in [-0.05, 0) is 36.8 Å². The molecule has 0 spiro atoms. The largest absolute Gasteiger partial charge is 0.482 e. The minimum Gasteiger partial charge on any atom is -0.482 e. The van der Waals surface area contributed by atoms with Crippen LogP contribution in [0.2, 0.25) is 0 Å². The summed E-state index contributed by atoms with van der Waals surface area (Å²) in [5.74, 6) is 0.307. The molecule has 2 aliphatic heterocycles. The van der Waals surface area contributed by atoms with Crippen molar-refractivity contribution in [1.82, 2.24) is 9.78 Å². The number of amides is 2. The van der Waals surface area contributed by atoms with E-state index in [1.165, 1.54) is 6.26 Å². The summed E-state index contributed by atoms with van der Waals surface area (Å²) in [6.07, 6.45) is 1.92. The summed E-state index contributed by atoms with van der Waals surface area (Å²) in [4.78, 5) is 24.4. The Labute approximate surface area is 177 Å². The molecule has 1 aromatic carbocycles. The lowest BCUT2D eigenvalue weighted by Gasteiger charge is -2.18. The monoisotopic (exact) mass is 442 g/mol. The molecule has 0 aliphatic carbocycles. The summed E-state index contributed by atoms with van der Waals surface area (Å²) >= 11 is 0. The van der Waals surface area contributed by atoms with Crippen LogP contribution in [-0.4, -0.2) is 48.1 Å². The van der Waals surface area contributed by atoms with Gasteiger partial charge >= 0.3 is 0 Å².